The second-order valence-corrected chi connectivity index (χ2v) is 8.39. The Morgan fingerprint density at radius 2 is 1.94 bits per heavy atom. The highest BCUT2D eigenvalue weighted by Gasteiger charge is 2.34. The van der Waals surface area contributed by atoms with Crippen LogP contribution < -0.4 is 16.0 Å². The van der Waals surface area contributed by atoms with Gasteiger partial charge in [-0.25, -0.2) is 0 Å². The van der Waals surface area contributed by atoms with Gasteiger partial charge in [-0.15, -0.1) is 0 Å². The fourth-order valence-corrected chi connectivity index (χ4v) is 4.36. The number of nitrogens with zero attached hydrogens (tertiary/aromatic N) is 3. The van der Waals surface area contributed by atoms with Gasteiger partial charge in [-0.1, -0.05) is 29.3 Å². The third kappa shape index (κ3) is 4.17. The molecule has 2 aromatic rings. The summed E-state index contributed by atoms with van der Waals surface area (Å²) in [5.41, 5.74) is 7.79. The molecule has 1 aromatic heterocycles. The lowest BCUT2D eigenvalue weighted by molar-refractivity contribution is 0.0362. The number of nitrogens with two attached hydrogens (primary N) is 1. The van der Waals surface area contributed by atoms with Gasteiger partial charge in [0.25, 0.3) is 5.56 Å². The van der Waals surface area contributed by atoms with Crippen molar-refractivity contribution < 1.29 is 9.47 Å². The molecule has 1 saturated heterocycles. The standard InChI is InChI=1S/C22H22Cl2N4O3/c1-13-10-18-20(22(29)28(13)5-4-27-6-8-30-9-7-27)19(15(12-25)21(26)31-18)14-2-3-16(23)17(24)11-14/h2-3,10-11,19H,4-9,26H2,1H3/t19-/m1/s1. The number of fused-ring (bicyclic) bond motifs is 1. The fourth-order valence-electron chi connectivity index (χ4n) is 4.06. The average Bonchev–Trinajstić information content (AvgIpc) is 2.75. The summed E-state index contributed by atoms with van der Waals surface area (Å²) in [6.45, 7) is 6.18. The molecule has 2 N–H and O–H groups in total. The molecular formula is C22H22Cl2N4O3. The number of benzene rings is 1. The number of aryl methyl sites for hydroxylation is 1. The molecule has 4 rings (SSSR count). The first-order chi connectivity index (χ1) is 14.9. The minimum Gasteiger partial charge on any atom is -0.440 e. The first-order valence-electron chi connectivity index (χ1n) is 9.97. The summed E-state index contributed by atoms with van der Waals surface area (Å²) >= 11 is 12.3. The molecular weight excluding hydrogens is 439 g/mol. The van der Waals surface area contributed by atoms with Gasteiger partial charge in [-0.05, 0) is 24.6 Å². The van der Waals surface area contributed by atoms with E-state index in [1.165, 1.54) is 0 Å². The molecule has 9 heteroatoms. The zero-order chi connectivity index (χ0) is 22.1. The van der Waals surface area contributed by atoms with Crippen LogP contribution in [0.4, 0.5) is 0 Å². The van der Waals surface area contributed by atoms with Crippen LogP contribution in [0.5, 0.6) is 5.75 Å². The number of allylic oxidation sites excluding steroid dienone is 1. The molecule has 1 atom stereocenters. The van der Waals surface area contributed by atoms with E-state index >= 15 is 0 Å². The van der Waals surface area contributed by atoms with Crippen LogP contribution in [0.2, 0.25) is 10.0 Å². The van der Waals surface area contributed by atoms with E-state index in [0.717, 1.165) is 25.3 Å². The topological polar surface area (TPSA) is 93.5 Å². The van der Waals surface area contributed by atoms with Crippen molar-refractivity contribution in [2.24, 2.45) is 5.73 Å². The van der Waals surface area contributed by atoms with Crippen LogP contribution in [-0.2, 0) is 11.3 Å². The summed E-state index contributed by atoms with van der Waals surface area (Å²) in [5, 5.41) is 10.5. The van der Waals surface area contributed by atoms with Crippen molar-refractivity contribution in [1.82, 2.24) is 9.47 Å². The summed E-state index contributed by atoms with van der Waals surface area (Å²) < 4.78 is 12.8. The smallest absolute Gasteiger partial charge is 0.258 e. The maximum Gasteiger partial charge on any atom is 0.258 e. The predicted octanol–water partition coefficient (Wildman–Crippen LogP) is 3.01. The van der Waals surface area contributed by atoms with E-state index in [4.69, 9.17) is 38.4 Å². The lowest BCUT2D eigenvalue weighted by Gasteiger charge is -2.29. The van der Waals surface area contributed by atoms with Crippen molar-refractivity contribution in [2.45, 2.75) is 19.4 Å². The van der Waals surface area contributed by atoms with Gasteiger partial charge >= 0.3 is 0 Å². The van der Waals surface area contributed by atoms with Gasteiger partial charge in [0.2, 0.25) is 5.88 Å². The zero-order valence-corrected chi connectivity index (χ0v) is 18.5. The molecule has 7 nitrogen and oxygen atoms in total. The molecule has 1 fully saturated rings. The Balaban J connectivity index is 1.79. The minimum atomic E-state index is -0.689. The van der Waals surface area contributed by atoms with Crippen LogP contribution in [-0.4, -0.2) is 42.3 Å². The van der Waals surface area contributed by atoms with E-state index in [0.29, 0.717) is 46.7 Å². The van der Waals surface area contributed by atoms with E-state index in [1.54, 1.807) is 28.8 Å². The molecule has 2 aliphatic rings. The number of hydrogen-bond donors (Lipinski definition) is 1. The second-order valence-electron chi connectivity index (χ2n) is 7.57. The Labute approximate surface area is 190 Å². The van der Waals surface area contributed by atoms with Crippen molar-refractivity contribution in [3.63, 3.8) is 0 Å². The molecule has 0 saturated carbocycles. The van der Waals surface area contributed by atoms with Crippen LogP contribution in [0.25, 0.3) is 0 Å². The van der Waals surface area contributed by atoms with Crippen LogP contribution in [0.3, 0.4) is 0 Å². The molecule has 0 amide bonds. The van der Waals surface area contributed by atoms with Crippen molar-refractivity contribution in [3.05, 3.63) is 72.9 Å². The molecule has 0 unspecified atom stereocenters. The first kappa shape index (κ1) is 21.7. The number of pyridine rings is 1. The van der Waals surface area contributed by atoms with Crippen LogP contribution in [0.15, 0.2) is 40.5 Å². The van der Waals surface area contributed by atoms with Gasteiger partial charge in [-0.3, -0.25) is 9.69 Å². The van der Waals surface area contributed by atoms with Crippen LogP contribution in [0, 0.1) is 18.3 Å². The fraction of sp³-hybridized carbons (Fsp3) is 0.364. The maximum atomic E-state index is 13.6. The molecule has 162 valence electrons. The van der Waals surface area contributed by atoms with E-state index < -0.39 is 5.92 Å². The summed E-state index contributed by atoms with van der Waals surface area (Å²) in [7, 11) is 0. The van der Waals surface area contributed by atoms with Gasteiger partial charge in [0.05, 0.1) is 34.7 Å². The Hall–Kier alpha value is -2.50. The van der Waals surface area contributed by atoms with Crippen molar-refractivity contribution >= 4 is 23.2 Å². The van der Waals surface area contributed by atoms with E-state index in [-0.39, 0.29) is 17.0 Å². The van der Waals surface area contributed by atoms with Crippen molar-refractivity contribution in [3.8, 4) is 11.8 Å². The van der Waals surface area contributed by atoms with Gasteiger partial charge in [-0.2, -0.15) is 5.26 Å². The highest BCUT2D eigenvalue weighted by molar-refractivity contribution is 6.42. The Morgan fingerprint density at radius 1 is 1.19 bits per heavy atom. The van der Waals surface area contributed by atoms with Gasteiger partial charge in [0, 0.05) is 37.9 Å². The number of hydrogen-bond acceptors (Lipinski definition) is 6. The third-order valence-electron chi connectivity index (χ3n) is 5.71. The van der Waals surface area contributed by atoms with Gasteiger partial charge in [0.15, 0.2) is 0 Å². The van der Waals surface area contributed by atoms with Crippen molar-refractivity contribution in [2.75, 3.05) is 32.8 Å². The van der Waals surface area contributed by atoms with E-state index in [1.807, 2.05) is 6.92 Å². The molecule has 31 heavy (non-hydrogen) atoms. The third-order valence-corrected chi connectivity index (χ3v) is 6.45. The highest BCUT2D eigenvalue weighted by Crippen LogP contribution is 2.41. The zero-order valence-electron chi connectivity index (χ0n) is 17.0. The number of nitriles is 1. The van der Waals surface area contributed by atoms with Gasteiger partial charge < -0.3 is 19.8 Å². The Bertz CT molecular complexity index is 1150. The number of ether oxygens (including phenoxy) is 2. The number of morpholine rings is 1. The predicted molar refractivity (Wildman–Crippen MR) is 118 cm³/mol. The van der Waals surface area contributed by atoms with E-state index in [2.05, 4.69) is 11.0 Å². The molecule has 1 aromatic carbocycles. The number of halogens is 2. The normalized spacial score (nSPS) is 19.0. The van der Waals surface area contributed by atoms with Gasteiger partial charge in [0.1, 0.15) is 17.4 Å². The summed E-state index contributed by atoms with van der Waals surface area (Å²) in [5.74, 6) is -0.347. The Morgan fingerprint density at radius 3 is 2.61 bits per heavy atom. The summed E-state index contributed by atoms with van der Waals surface area (Å²) in [6, 6.07) is 8.95. The molecule has 0 radical (unpaired) electrons. The molecule has 0 bridgehead atoms. The van der Waals surface area contributed by atoms with Crippen LogP contribution in [0.1, 0.15) is 22.7 Å². The molecule has 0 spiro atoms. The monoisotopic (exact) mass is 460 g/mol. The lowest BCUT2D eigenvalue weighted by atomic mass is 9.84. The quantitative estimate of drug-likeness (QED) is 0.753. The molecule has 2 aliphatic heterocycles. The molecule has 3 heterocycles. The second kappa shape index (κ2) is 8.93. The molecule has 0 aliphatic carbocycles. The summed E-state index contributed by atoms with van der Waals surface area (Å²) in [4.78, 5) is 15.9. The SMILES string of the molecule is Cc1cc2c(c(=O)n1CCN1CCOCC1)[C@H](c1ccc(Cl)c(Cl)c1)C(C#N)=C(N)O2. The number of aromatic nitrogens is 1. The first-order valence-corrected chi connectivity index (χ1v) is 10.7. The van der Waals surface area contributed by atoms with E-state index in [9.17, 15) is 10.1 Å². The minimum absolute atomic E-state index is 0.0176. The number of rotatable bonds is 4. The van der Waals surface area contributed by atoms with Crippen LogP contribution >= 0.6 is 23.2 Å². The summed E-state index contributed by atoms with van der Waals surface area (Å²) in [6.07, 6.45) is 0. The lowest BCUT2D eigenvalue weighted by Crippen LogP contribution is -2.40. The largest absolute Gasteiger partial charge is 0.440 e. The van der Waals surface area contributed by atoms with Crippen molar-refractivity contribution in [1.29, 1.82) is 5.26 Å². The Kier molecular flexibility index (Phi) is 6.26. The highest BCUT2D eigenvalue weighted by atomic mass is 35.5. The average molecular weight is 461 g/mol. The maximum absolute atomic E-state index is 13.6.